The van der Waals surface area contributed by atoms with Crippen LogP contribution in [0, 0.1) is 6.92 Å². The predicted octanol–water partition coefficient (Wildman–Crippen LogP) is 5.66. The van der Waals surface area contributed by atoms with Gasteiger partial charge in [0, 0.05) is 11.1 Å². The molecule has 0 bridgehead atoms. The Morgan fingerprint density at radius 2 is 1.71 bits per heavy atom. The molecule has 0 aliphatic heterocycles. The Bertz CT molecular complexity index is 669. The van der Waals surface area contributed by atoms with E-state index < -0.39 is 0 Å². The lowest BCUT2D eigenvalue weighted by atomic mass is 9.85. The van der Waals surface area contributed by atoms with Crippen LogP contribution in [0.4, 0.5) is 0 Å². The summed E-state index contributed by atoms with van der Waals surface area (Å²) in [6, 6.07) is 11.5. The molecule has 0 radical (unpaired) electrons. The van der Waals surface area contributed by atoms with Crippen LogP contribution in [0.5, 0.6) is 11.5 Å². The summed E-state index contributed by atoms with van der Waals surface area (Å²) in [5, 5.41) is 0. The van der Waals surface area contributed by atoms with Crippen LogP contribution in [0.1, 0.15) is 42.3 Å². The summed E-state index contributed by atoms with van der Waals surface area (Å²) < 4.78 is 6.83. The van der Waals surface area contributed by atoms with Crippen molar-refractivity contribution in [3.63, 3.8) is 0 Å². The fourth-order valence-electron chi connectivity index (χ4n) is 2.11. The molecular formula is C18H19BrO2. The lowest BCUT2D eigenvalue weighted by Crippen LogP contribution is -2.12. The van der Waals surface area contributed by atoms with Crippen LogP contribution < -0.4 is 4.74 Å². The third kappa shape index (κ3) is 3.73. The molecular weight excluding hydrogens is 328 g/mol. The Labute approximate surface area is 134 Å². The monoisotopic (exact) mass is 346 g/mol. The van der Waals surface area contributed by atoms with Crippen molar-refractivity contribution in [1.82, 2.24) is 0 Å². The van der Waals surface area contributed by atoms with E-state index in [0.29, 0.717) is 11.3 Å². The normalized spacial score (nSPS) is 11.3. The van der Waals surface area contributed by atoms with Crippen molar-refractivity contribution in [3.05, 3.63) is 57.6 Å². The van der Waals surface area contributed by atoms with Gasteiger partial charge in [0.15, 0.2) is 0 Å². The van der Waals surface area contributed by atoms with Crippen LogP contribution in [0.2, 0.25) is 0 Å². The van der Waals surface area contributed by atoms with Gasteiger partial charge >= 0.3 is 0 Å². The van der Waals surface area contributed by atoms with Gasteiger partial charge in [0.05, 0.1) is 4.47 Å². The molecule has 2 nitrogen and oxygen atoms in total. The first kappa shape index (κ1) is 15.8. The van der Waals surface area contributed by atoms with E-state index in [9.17, 15) is 4.79 Å². The predicted molar refractivity (Wildman–Crippen MR) is 89.5 cm³/mol. The highest BCUT2D eigenvalue weighted by Crippen LogP contribution is 2.37. The second-order valence-corrected chi connectivity index (χ2v) is 7.01. The number of hydrogen-bond acceptors (Lipinski definition) is 2. The van der Waals surface area contributed by atoms with E-state index in [2.05, 4.69) is 49.7 Å². The van der Waals surface area contributed by atoms with Gasteiger partial charge in [-0.3, -0.25) is 4.79 Å². The Balaban J connectivity index is 2.42. The maximum Gasteiger partial charge on any atom is 0.150 e. The molecule has 0 fully saturated rings. The summed E-state index contributed by atoms with van der Waals surface area (Å²) in [6.07, 6.45) is 0.820. The molecule has 110 valence electrons. The van der Waals surface area contributed by atoms with E-state index in [-0.39, 0.29) is 5.41 Å². The number of aldehydes is 1. The lowest BCUT2D eigenvalue weighted by molar-refractivity contribution is 0.112. The summed E-state index contributed by atoms with van der Waals surface area (Å²) in [5.74, 6) is 1.54. The topological polar surface area (TPSA) is 26.3 Å². The maximum atomic E-state index is 10.8. The van der Waals surface area contributed by atoms with Crippen molar-refractivity contribution in [2.45, 2.75) is 33.1 Å². The molecule has 2 rings (SSSR count). The number of benzene rings is 2. The first-order valence-corrected chi connectivity index (χ1v) is 7.64. The van der Waals surface area contributed by atoms with Crippen LogP contribution in [0.25, 0.3) is 0 Å². The molecule has 0 amide bonds. The van der Waals surface area contributed by atoms with Crippen molar-refractivity contribution in [1.29, 1.82) is 0 Å². The van der Waals surface area contributed by atoms with E-state index in [0.717, 1.165) is 22.1 Å². The van der Waals surface area contributed by atoms with Gasteiger partial charge < -0.3 is 4.74 Å². The summed E-state index contributed by atoms with van der Waals surface area (Å²) >= 11 is 3.45. The number of rotatable bonds is 3. The number of aryl methyl sites for hydroxylation is 1. The van der Waals surface area contributed by atoms with E-state index in [1.165, 1.54) is 5.56 Å². The highest BCUT2D eigenvalue weighted by Gasteiger charge is 2.20. The van der Waals surface area contributed by atoms with Crippen molar-refractivity contribution in [2.75, 3.05) is 0 Å². The van der Waals surface area contributed by atoms with Crippen molar-refractivity contribution >= 4 is 22.2 Å². The molecule has 0 atom stereocenters. The molecule has 0 aromatic heterocycles. The summed E-state index contributed by atoms with van der Waals surface area (Å²) in [7, 11) is 0. The molecule has 0 spiro atoms. The zero-order chi connectivity index (χ0) is 15.6. The van der Waals surface area contributed by atoms with E-state index in [4.69, 9.17) is 4.74 Å². The average Bonchev–Trinajstić information content (AvgIpc) is 2.41. The fourth-order valence-corrected chi connectivity index (χ4v) is 2.59. The first-order valence-electron chi connectivity index (χ1n) is 6.85. The van der Waals surface area contributed by atoms with Crippen molar-refractivity contribution in [3.8, 4) is 11.5 Å². The third-order valence-electron chi connectivity index (χ3n) is 3.26. The number of carbonyl (C=O) groups is 1. The number of ether oxygens (including phenoxy) is 1. The van der Waals surface area contributed by atoms with Gasteiger partial charge in [0.1, 0.15) is 17.8 Å². The summed E-state index contributed by atoms with van der Waals surface area (Å²) in [5.41, 5.74) is 2.99. The second-order valence-electron chi connectivity index (χ2n) is 6.16. The molecule has 2 aromatic rings. The molecule has 3 heteroatoms. The van der Waals surface area contributed by atoms with Crippen molar-refractivity contribution < 1.29 is 9.53 Å². The Kier molecular flexibility index (Phi) is 4.52. The van der Waals surface area contributed by atoms with Gasteiger partial charge in [0.2, 0.25) is 0 Å². The number of hydrogen-bond donors (Lipinski definition) is 0. The molecule has 0 saturated heterocycles. The van der Waals surface area contributed by atoms with E-state index >= 15 is 0 Å². The first-order chi connectivity index (χ1) is 9.81. The molecule has 0 unspecified atom stereocenters. The second kappa shape index (κ2) is 6.02. The Morgan fingerprint density at radius 3 is 2.29 bits per heavy atom. The SMILES string of the molecule is Cc1ccc(Oc2ccc(C=O)cc2Br)c(C(C)(C)C)c1. The lowest BCUT2D eigenvalue weighted by Gasteiger charge is -2.23. The highest BCUT2D eigenvalue weighted by molar-refractivity contribution is 9.10. The average molecular weight is 347 g/mol. The quantitative estimate of drug-likeness (QED) is 0.670. The smallest absolute Gasteiger partial charge is 0.150 e. The number of halogens is 1. The Morgan fingerprint density at radius 1 is 1.05 bits per heavy atom. The molecule has 0 N–H and O–H groups in total. The minimum absolute atomic E-state index is 0.00341. The van der Waals surface area contributed by atoms with Gasteiger partial charge in [-0.15, -0.1) is 0 Å². The largest absolute Gasteiger partial charge is 0.456 e. The van der Waals surface area contributed by atoms with Crippen LogP contribution in [0.3, 0.4) is 0 Å². The van der Waals surface area contributed by atoms with Gasteiger partial charge in [-0.2, -0.15) is 0 Å². The molecule has 2 aromatic carbocycles. The maximum absolute atomic E-state index is 10.8. The Hall–Kier alpha value is -1.61. The summed E-state index contributed by atoms with van der Waals surface area (Å²) in [6.45, 7) is 8.57. The van der Waals surface area contributed by atoms with Crippen LogP contribution in [-0.2, 0) is 5.41 Å². The van der Waals surface area contributed by atoms with E-state index in [1.807, 2.05) is 12.1 Å². The van der Waals surface area contributed by atoms with Gasteiger partial charge in [0.25, 0.3) is 0 Å². The highest BCUT2D eigenvalue weighted by atomic mass is 79.9. The molecule has 0 aliphatic rings. The standard InChI is InChI=1S/C18H19BrO2/c1-12-5-7-16(14(9-12)18(2,3)4)21-17-8-6-13(11-20)10-15(17)19/h5-11H,1-4H3. The van der Waals surface area contributed by atoms with Crippen LogP contribution in [0.15, 0.2) is 40.9 Å². The minimum atomic E-state index is -0.00341. The minimum Gasteiger partial charge on any atom is -0.456 e. The zero-order valence-corrected chi connectivity index (χ0v) is 14.3. The van der Waals surface area contributed by atoms with Crippen LogP contribution in [-0.4, -0.2) is 6.29 Å². The van der Waals surface area contributed by atoms with Crippen molar-refractivity contribution in [2.24, 2.45) is 0 Å². The molecule has 0 saturated carbocycles. The zero-order valence-electron chi connectivity index (χ0n) is 12.7. The van der Waals surface area contributed by atoms with Gasteiger partial charge in [-0.05, 0) is 52.5 Å². The third-order valence-corrected chi connectivity index (χ3v) is 3.87. The fraction of sp³-hybridized carbons (Fsp3) is 0.278. The molecule has 21 heavy (non-hydrogen) atoms. The molecule has 0 aliphatic carbocycles. The molecule has 0 heterocycles. The van der Waals surface area contributed by atoms with Crippen LogP contribution >= 0.6 is 15.9 Å². The summed E-state index contributed by atoms with van der Waals surface area (Å²) in [4.78, 5) is 10.8. The van der Waals surface area contributed by atoms with Gasteiger partial charge in [-0.25, -0.2) is 0 Å². The van der Waals surface area contributed by atoms with Gasteiger partial charge in [-0.1, -0.05) is 38.5 Å². The number of carbonyl (C=O) groups excluding carboxylic acids is 1. The van der Waals surface area contributed by atoms with E-state index in [1.54, 1.807) is 18.2 Å².